The maximum atomic E-state index is 6.36. The first kappa shape index (κ1) is 15.0. The third-order valence-corrected chi connectivity index (χ3v) is 5.41. The number of rotatable bonds is 5. The number of benzene rings is 1. The largest absolute Gasteiger partial charge is 0.492 e. The number of imidazole rings is 1. The molecule has 0 amide bonds. The zero-order valence-electron chi connectivity index (χ0n) is 12.5. The van der Waals surface area contributed by atoms with Gasteiger partial charge in [-0.25, -0.2) is 4.98 Å². The highest BCUT2D eigenvalue weighted by Crippen LogP contribution is 2.34. The second-order valence-electron chi connectivity index (χ2n) is 5.39. The molecule has 1 saturated heterocycles. The number of fused-ring (bicyclic) bond motifs is 1. The van der Waals surface area contributed by atoms with Crippen LogP contribution in [0.25, 0.3) is 11.0 Å². The number of hydrogen-bond acceptors (Lipinski definition) is 3. The van der Waals surface area contributed by atoms with Crippen LogP contribution in [0.15, 0.2) is 18.2 Å². The molecule has 0 aliphatic carbocycles. The summed E-state index contributed by atoms with van der Waals surface area (Å²) in [5.41, 5.74) is 2.07. The van der Waals surface area contributed by atoms with E-state index < -0.39 is 0 Å². The van der Waals surface area contributed by atoms with Gasteiger partial charge in [-0.1, -0.05) is 6.07 Å². The van der Waals surface area contributed by atoms with Gasteiger partial charge in [0.15, 0.2) is 0 Å². The number of alkyl halides is 1. The molecule has 0 saturated carbocycles. The minimum atomic E-state index is -0.0988. The summed E-state index contributed by atoms with van der Waals surface area (Å²) in [5, 5.41) is 0.575. The fraction of sp³-hybridized carbons (Fsp3) is 0.562. The van der Waals surface area contributed by atoms with E-state index in [1.165, 1.54) is 18.6 Å². The quantitative estimate of drug-likeness (QED) is 0.750. The highest BCUT2D eigenvalue weighted by atomic mass is 35.5. The summed E-state index contributed by atoms with van der Waals surface area (Å²) in [6.45, 7) is 5.62. The third kappa shape index (κ3) is 3.02. The number of hydrogen-bond donors (Lipinski definition) is 0. The first-order valence-electron chi connectivity index (χ1n) is 7.58. The zero-order chi connectivity index (χ0) is 14.8. The second-order valence-corrected chi connectivity index (χ2v) is 7.45. The van der Waals surface area contributed by atoms with E-state index in [2.05, 4.69) is 22.4 Å². The number of thioether (sulfide) groups is 1. The first-order chi connectivity index (χ1) is 10.2. The van der Waals surface area contributed by atoms with Crippen molar-refractivity contribution in [1.29, 1.82) is 0 Å². The Hall–Kier alpha value is -0.870. The Labute approximate surface area is 135 Å². The van der Waals surface area contributed by atoms with E-state index in [1.54, 1.807) is 0 Å². The van der Waals surface area contributed by atoms with E-state index >= 15 is 0 Å². The molecule has 1 fully saturated rings. The van der Waals surface area contributed by atoms with Crippen molar-refractivity contribution >= 4 is 34.4 Å². The lowest BCUT2D eigenvalue weighted by Crippen LogP contribution is -2.13. The lowest BCUT2D eigenvalue weighted by atomic mass is 10.2. The number of halogens is 1. The molecule has 2 unspecified atom stereocenters. The molecule has 21 heavy (non-hydrogen) atoms. The lowest BCUT2D eigenvalue weighted by molar-refractivity contribution is 0.343. The lowest BCUT2D eigenvalue weighted by Gasteiger charge is -2.14. The standard InChI is InChI=1S/C16H21ClN2OS/c1-3-20-14-8-4-7-13-15(14)18-16(11(2)17)19(13)10-12-6-5-9-21-12/h4,7-8,11-12H,3,5-6,9-10H2,1-2H3. The molecule has 3 nitrogen and oxygen atoms in total. The average molecular weight is 325 g/mol. The molecule has 0 bridgehead atoms. The molecule has 1 aliphatic rings. The van der Waals surface area contributed by atoms with E-state index in [9.17, 15) is 0 Å². The molecule has 0 spiro atoms. The molecule has 5 heteroatoms. The molecule has 2 aromatic rings. The van der Waals surface area contributed by atoms with Crippen molar-refractivity contribution < 1.29 is 4.74 Å². The molecule has 0 radical (unpaired) electrons. The van der Waals surface area contributed by atoms with Crippen LogP contribution in [0.3, 0.4) is 0 Å². The fourth-order valence-electron chi connectivity index (χ4n) is 2.90. The van der Waals surface area contributed by atoms with Gasteiger partial charge in [0.25, 0.3) is 0 Å². The maximum Gasteiger partial charge on any atom is 0.147 e. The number of nitrogens with zero attached hydrogens (tertiary/aromatic N) is 2. The van der Waals surface area contributed by atoms with Crippen LogP contribution in [0.4, 0.5) is 0 Å². The first-order valence-corrected chi connectivity index (χ1v) is 9.06. The van der Waals surface area contributed by atoms with Gasteiger partial charge in [0.1, 0.15) is 17.1 Å². The minimum Gasteiger partial charge on any atom is -0.492 e. The monoisotopic (exact) mass is 324 g/mol. The Morgan fingerprint density at radius 1 is 1.52 bits per heavy atom. The van der Waals surface area contributed by atoms with Gasteiger partial charge in [-0.2, -0.15) is 11.8 Å². The Morgan fingerprint density at radius 3 is 3.05 bits per heavy atom. The van der Waals surface area contributed by atoms with Crippen molar-refractivity contribution in [3.05, 3.63) is 24.0 Å². The summed E-state index contributed by atoms with van der Waals surface area (Å²) in [6.07, 6.45) is 2.60. The van der Waals surface area contributed by atoms with Gasteiger partial charge in [-0.3, -0.25) is 0 Å². The van der Waals surface area contributed by atoms with E-state index in [4.69, 9.17) is 21.3 Å². The van der Waals surface area contributed by atoms with Crippen LogP contribution in [0.1, 0.15) is 37.9 Å². The van der Waals surface area contributed by atoms with Crippen LogP contribution >= 0.6 is 23.4 Å². The van der Waals surface area contributed by atoms with Crippen LogP contribution in [0.5, 0.6) is 5.75 Å². The molecular weight excluding hydrogens is 304 g/mol. The van der Waals surface area contributed by atoms with Crippen molar-refractivity contribution in [2.45, 2.75) is 43.9 Å². The number of ether oxygens (including phenoxy) is 1. The van der Waals surface area contributed by atoms with Gasteiger partial charge in [0, 0.05) is 11.8 Å². The van der Waals surface area contributed by atoms with Crippen molar-refractivity contribution in [3.8, 4) is 5.75 Å². The Morgan fingerprint density at radius 2 is 2.38 bits per heavy atom. The maximum absolute atomic E-state index is 6.36. The van der Waals surface area contributed by atoms with E-state index in [0.717, 1.165) is 29.2 Å². The van der Waals surface area contributed by atoms with Crippen molar-refractivity contribution in [2.24, 2.45) is 0 Å². The van der Waals surface area contributed by atoms with Crippen molar-refractivity contribution in [1.82, 2.24) is 9.55 Å². The van der Waals surface area contributed by atoms with E-state index in [0.29, 0.717) is 11.9 Å². The SMILES string of the molecule is CCOc1cccc2c1nc(C(C)Cl)n2CC1CCCS1. The third-order valence-electron chi connectivity index (χ3n) is 3.84. The molecule has 3 rings (SSSR count). The molecule has 1 aromatic carbocycles. The summed E-state index contributed by atoms with van der Waals surface area (Å²) in [5.74, 6) is 3.07. The van der Waals surface area contributed by atoms with Crippen LogP contribution in [-0.4, -0.2) is 27.2 Å². The van der Waals surface area contributed by atoms with Crippen molar-refractivity contribution in [2.75, 3.05) is 12.4 Å². The molecule has 1 aliphatic heterocycles. The van der Waals surface area contributed by atoms with Gasteiger partial charge in [-0.05, 0) is 44.6 Å². The average Bonchev–Trinajstić information content (AvgIpc) is 3.09. The normalized spacial score (nSPS) is 20.0. The number of para-hydroxylation sites is 1. The van der Waals surface area contributed by atoms with E-state index in [1.807, 2.05) is 26.0 Å². The fourth-order valence-corrected chi connectivity index (χ4v) is 4.32. The van der Waals surface area contributed by atoms with Crippen LogP contribution in [0, 0.1) is 0 Å². The summed E-state index contributed by atoms with van der Waals surface area (Å²) in [4.78, 5) is 4.77. The second kappa shape index (κ2) is 6.49. The highest BCUT2D eigenvalue weighted by molar-refractivity contribution is 8.00. The topological polar surface area (TPSA) is 27.1 Å². The Balaban J connectivity index is 2.06. The zero-order valence-corrected chi connectivity index (χ0v) is 14.1. The van der Waals surface area contributed by atoms with Crippen LogP contribution in [-0.2, 0) is 6.54 Å². The molecule has 114 valence electrons. The van der Waals surface area contributed by atoms with Gasteiger partial charge < -0.3 is 9.30 Å². The summed E-state index contributed by atoms with van der Waals surface area (Å²) in [6, 6.07) is 6.14. The molecular formula is C16H21ClN2OS. The molecule has 2 heterocycles. The molecule has 2 atom stereocenters. The van der Waals surface area contributed by atoms with Crippen LogP contribution in [0.2, 0.25) is 0 Å². The van der Waals surface area contributed by atoms with Gasteiger partial charge in [-0.15, -0.1) is 11.6 Å². The summed E-state index contributed by atoms with van der Waals surface area (Å²) in [7, 11) is 0. The highest BCUT2D eigenvalue weighted by Gasteiger charge is 2.22. The predicted octanol–water partition coefficient (Wildman–Crippen LogP) is 4.63. The van der Waals surface area contributed by atoms with E-state index in [-0.39, 0.29) is 5.38 Å². The molecule has 1 aromatic heterocycles. The van der Waals surface area contributed by atoms with Crippen molar-refractivity contribution in [3.63, 3.8) is 0 Å². The predicted molar refractivity (Wildman–Crippen MR) is 90.7 cm³/mol. The van der Waals surface area contributed by atoms with Gasteiger partial charge in [0.05, 0.1) is 17.5 Å². The summed E-state index contributed by atoms with van der Waals surface area (Å²) < 4.78 is 8.00. The minimum absolute atomic E-state index is 0.0988. The molecule has 0 N–H and O–H groups in total. The van der Waals surface area contributed by atoms with Crippen LogP contribution < -0.4 is 4.74 Å². The van der Waals surface area contributed by atoms with Gasteiger partial charge in [0.2, 0.25) is 0 Å². The van der Waals surface area contributed by atoms with Gasteiger partial charge >= 0.3 is 0 Å². The Bertz CT molecular complexity index is 620. The smallest absolute Gasteiger partial charge is 0.147 e. The number of aromatic nitrogens is 2. The Kier molecular flexibility index (Phi) is 4.65. The summed E-state index contributed by atoms with van der Waals surface area (Å²) >= 11 is 8.42.